The van der Waals surface area contributed by atoms with Gasteiger partial charge in [-0.2, -0.15) is 0 Å². The van der Waals surface area contributed by atoms with Crippen LogP contribution in [0.25, 0.3) is 0 Å². The van der Waals surface area contributed by atoms with Crippen LogP contribution in [0, 0.1) is 10.1 Å². The SMILES string of the molecule is CN(Cc1ccccc1[N+](=O)[O-])C(C(=O)NC1CC1)c1ccccc1. The van der Waals surface area contributed by atoms with Gasteiger partial charge in [0.15, 0.2) is 0 Å². The van der Waals surface area contributed by atoms with Gasteiger partial charge in [-0.15, -0.1) is 0 Å². The molecule has 1 atom stereocenters. The van der Waals surface area contributed by atoms with Crippen molar-refractivity contribution in [2.24, 2.45) is 0 Å². The molecule has 6 nitrogen and oxygen atoms in total. The quantitative estimate of drug-likeness (QED) is 0.621. The first-order valence-electron chi connectivity index (χ1n) is 8.34. The van der Waals surface area contributed by atoms with Crippen LogP contribution in [-0.4, -0.2) is 28.8 Å². The van der Waals surface area contributed by atoms with Gasteiger partial charge < -0.3 is 5.32 Å². The predicted octanol–water partition coefficient (Wildman–Crippen LogP) is 3.05. The van der Waals surface area contributed by atoms with Gasteiger partial charge in [0.1, 0.15) is 6.04 Å². The Labute approximate surface area is 146 Å². The van der Waals surface area contributed by atoms with Crippen molar-refractivity contribution in [2.45, 2.75) is 31.5 Å². The normalized spacial score (nSPS) is 15.0. The molecule has 0 spiro atoms. The molecule has 0 aliphatic heterocycles. The van der Waals surface area contributed by atoms with Crippen LogP contribution in [0.2, 0.25) is 0 Å². The Kier molecular flexibility index (Phi) is 5.09. The highest BCUT2D eigenvalue weighted by atomic mass is 16.6. The molecule has 1 unspecified atom stereocenters. The van der Waals surface area contributed by atoms with Gasteiger partial charge in [-0.05, 0) is 25.5 Å². The minimum absolute atomic E-state index is 0.0604. The maximum Gasteiger partial charge on any atom is 0.273 e. The topological polar surface area (TPSA) is 75.5 Å². The average Bonchev–Trinajstić information content (AvgIpc) is 3.40. The van der Waals surface area contributed by atoms with Crippen molar-refractivity contribution in [2.75, 3.05) is 7.05 Å². The lowest BCUT2D eigenvalue weighted by Gasteiger charge is -2.27. The molecule has 2 aromatic carbocycles. The Balaban J connectivity index is 1.85. The molecule has 6 heteroatoms. The van der Waals surface area contributed by atoms with Crippen molar-refractivity contribution in [1.82, 2.24) is 10.2 Å². The first-order chi connectivity index (χ1) is 12.1. The van der Waals surface area contributed by atoms with E-state index in [1.54, 1.807) is 18.2 Å². The second-order valence-electron chi connectivity index (χ2n) is 6.40. The predicted molar refractivity (Wildman–Crippen MR) is 94.9 cm³/mol. The van der Waals surface area contributed by atoms with Crippen LogP contribution in [0.4, 0.5) is 5.69 Å². The lowest BCUT2D eigenvalue weighted by molar-refractivity contribution is -0.385. The maximum absolute atomic E-state index is 12.8. The van der Waals surface area contributed by atoms with E-state index in [0.29, 0.717) is 12.1 Å². The highest BCUT2D eigenvalue weighted by Gasteiger charge is 2.31. The van der Waals surface area contributed by atoms with E-state index in [9.17, 15) is 14.9 Å². The smallest absolute Gasteiger partial charge is 0.273 e. The molecule has 1 saturated carbocycles. The Morgan fingerprint density at radius 1 is 1.20 bits per heavy atom. The van der Waals surface area contributed by atoms with Gasteiger partial charge in [0.25, 0.3) is 5.69 Å². The van der Waals surface area contributed by atoms with E-state index in [1.807, 2.05) is 42.3 Å². The van der Waals surface area contributed by atoms with Crippen LogP contribution in [0.1, 0.15) is 30.0 Å². The van der Waals surface area contributed by atoms with Gasteiger partial charge in [-0.1, -0.05) is 48.5 Å². The molecule has 1 fully saturated rings. The minimum Gasteiger partial charge on any atom is -0.352 e. The van der Waals surface area contributed by atoms with E-state index in [2.05, 4.69) is 5.32 Å². The van der Waals surface area contributed by atoms with Gasteiger partial charge >= 0.3 is 0 Å². The van der Waals surface area contributed by atoms with Crippen molar-refractivity contribution < 1.29 is 9.72 Å². The van der Waals surface area contributed by atoms with Crippen molar-refractivity contribution in [3.63, 3.8) is 0 Å². The summed E-state index contributed by atoms with van der Waals surface area (Å²) in [6.07, 6.45) is 2.03. The fourth-order valence-electron chi connectivity index (χ4n) is 2.93. The average molecular weight is 339 g/mol. The number of likely N-dealkylation sites (N-methyl/N-ethyl adjacent to an activating group) is 1. The molecule has 1 aliphatic rings. The van der Waals surface area contributed by atoms with Crippen LogP contribution in [-0.2, 0) is 11.3 Å². The number of rotatable bonds is 7. The number of benzene rings is 2. The first kappa shape index (κ1) is 17.1. The number of hydrogen-bond acceptors (Lipinski definition) is 4. The molecule has 2 aromatic rings. The van der Waals surface area contributed by atoms with E-state index < -0.39 is 6.04 Å². The second-order valence-corrected chi connectivity index (χ2v) is 6.40. The van der Waals surface area contributed by atoms with E-state index in [1.165, 1.54) is 6.07 Å². The van der Waals surface area contributed by atoms with Crippen LogP contribution < -0.4 is 5.32 Å². The molecular weight excluding hydrogens is 318 g/mol. The zero-order valence-electron chi connectivity index (χ0n) is 14.1. The Bertz CT molecular complexity index is 760. The molecule has 0 saturated heterocycles. The molecule has 0 bridgehead atoms. The molecule has 3 rings (SSSR count). The number of amides is 1. The molecule has 0 heterocycles. The second kappa shape index (κ2) is 7.44. The number of nitro groups is 1. The number of nitrogens with zero attached hydrogens (tertiary/aromatic N) is 2. The molecule has 1 aliphatic carbocycles. The third-order valence-electron chi connectivity index (χ3n) is 4.34. The molecule has 1 amide bonds. The number of carbonyl (C=O) groups excluding carboxylic acids is 1. The number of nitro benzene ring substituents is 1. The highest BCUT2D eigenvalue weighted by Crippen LogP contribution is 2.27. The molecule has 0 radical (unpaired) electrons. The summed E-state index contributed by atoms with van der Waals surface area (Å²) in [7, 11) is 1.82. The maximum atomic E-state index is 12.8. The lowest BCUT2D eigenvalue weighted by atomic mass is 10.0. The fraction of sp³-hybridized carbons (Fsp3) is 0.316. The van der Waals surface area contributed by atoms with Gasteiger partial charge in [-0.25, -0.2) is 0 Å². The van der Waals surface area contributed by atoms with Gasteiger partial charge in [0.05, 0.1) is 4.92 Å². The minimum atomic E-state index is -0.485. The molecule has 25 heavy (non-hydrogen) atoms. The molecule has 0 aromatic heterocycles. The van der Waals surface area contributed by atoms with Gasteiger partial charge in [-0.3, -0.25) is 19.8 Å². The van der Waals surface area contributed by atoms with E-state index >= 15 is 0 Å². The van der Waals surface area contributed by atoms with Crippen LogP contribution >= 0.6 is 0 Å². The van der Waals surface area contributed by atoms with Crippen LogP contribution in [0.3, 0.4) is 0 Å². The first-order valence-corrected chi connectivity index (χ1v) is 8.34. The summed E-state index contributed by atoms with van der Waals surface area (Å²) in [6.45, 7) is 0.314. The highest BCUT2D eigenvalue weighted by molar-refractivity contribution is 5.83. The third-order valence-corrected chi connectivity index (χ3v) is 4.34. The largest absolute Gasteiger partial charge is 0.352 e. The number of nitrogens with one attached hydrogen (secondary N) is 1. The number of para-hydroxylation sites is 1. The Hall–Kier alpha value is -2.73. The summed E-state index contributed by atoms with van der Waals surface area (Å²) < 4.78 is 0. The van der Waals surface area contributed by atoms with Gasteiger partial charge in [0, 0.05) is 24.2 Å². The van der Waals surface area contributed by atoms with Crippen LogP contribution in [0.5, 0.6) is 0 Å². The number of hydrogen-bond donors (Lipinski definition) is 1. The summed E-state index contributed by atoms with van der Waals surface area (Å²) in [6, 6.07) is 15.9. The summed E-state index contributed by atoms with van der Waals surface area (Å²) in [5.41, 5.74) is 1.54. The lowest BCUT2D eigenvalue weighted by Crippen LogP contribution is -2.39. The zero-order chi connectivity index (χ0) is 17.8. The molecule has 130 valence electrons. The standard InChI is InChI=1S/C19H21N3O3/c1-21(13-15-9-5-6-10-17(15)22(24)25)18(14-7-3-2-4-8-14)19(23)20-16-11-12-16/h2-10,16,18H,11-13H2,1H3,(H,20,23). The van der Waals surface area contributed by atoms with Crippen molar-refractivity contribution >= 4 is 11.6 Å². The number of carbonyl (C=O) groups is 1. The van der Waals surface area contributed by atoms with Crippen LogP contribution in [0.15, 0.2) is 54.6 Å². The van der Waals surface area contributed by atoms with E-state index in [4.69, 9.17) is 0 Å². The van der Waals surface area contributed by atoms with E-state index in [-0.39, 0.29) is 22.6 Å². The fourth-order valence-corrected chi connectivity index (χ4v) is 2.93. The Morgan fingerprint density at radius 3 is 2.48 bits per heavy atom. The van der Waals surface area contributed by atoms with E-state index in [0.717, 1.165) is 18.4 Å². The van der Waals surface area contributed by atoms with Crippen molar-refractivity contribution in [1.29, 1.82) is 0 Å². The third kappa shape index (κ3) is 4.22. The molecule has 1 N–H and O–H groups in total. The summed E-state index contributed by atoms with van der Waals surface area (Å²) >= 11 is 0. The van der Waals surface area contributed by atoms with Crippen molar-refractivity contribution in [3.8, 4) is 0 Å². The molecular formula is C19H21N3O3. The summed E-state index contributed by atoms with van der Waals surface area (Å²) in [5.74, 6) is -0.0604. The summed E-state index contributed by atoms with van der Waals surface area (Å²) in [5, 5.41) is 14.3. The van der Waals surface area contributed by atoms with Crippen molar-refractivity contribution in [3.05, 3.63) is 75.8 Å². The summed E-state index contributed by atoms with van der Waals surface area (Å²) in [4.78, 5) is 25.5. The Morgan fingerprint density at radius 2 is 1.84 bits per heavy atom. The van der Waals surface area contributed by atoms with Gasteiger partial charge in [0.2, 0.25) is 5.91 Å². The zero-order valence-corrected chi connectivity index (χ0v) is 14.1. The monoisotopic (exact) mass is 339 g/mol.